The molecule has 31 heavy (non-hydrogen) atoms. The van der Waals surface area contributed by atoms with Gasteiger partial charge in [0.15, 0.2) is 5.78 Å². The van der Waals surface area contributed by atoms with Gasteiger partial charge >= 0.3 is 0 Å². The number of carbonyl (C=O) groups excluding carboxylic acids is 1. The lowest BCUT2D eigenvalue weighted by atomic mass is 9.98. The maximum Gasteiger partial charge on any atom is 0.237 e. The molecule has 0 amide bonds. The van der Waals surface area contributed by atoms with E-state index < -0.39 is 0 Å². The van der Waals surface area contributed by atoms with E-state index in [-0.39, 0.29) is 5.78 Å². The van der Waals surface area contributed by atoms with Crippen molar-refractivity contribution in [3.05, 3.63) is 119 Å². The van der Waals surface area contributed by atoms with E-state index in [1.807, 2.05) is 85.6 Å². The largest absolute Gasteiger partial charge is 0.288 e. The molecule has 1 aromatic heterocycles. The quantitative estimate of drug-likeness (QED) is 0.261. The summed E-state index contributed by atoms with van der Waals surface area (Å²) < 4.78 is 3.57. The predicted molar refractivity (Wildman–Crippen MR) is 129 cm³/mol. The number of allylic oxidation sites excluding steroid dienone is 2. The van der Waals surface area contributed by atoms with Crippen LogP contribution >= 0.6 is 15.9 Å². The van der Waals surface area contributed by atoms with Crippen LogP contribution < -0.4 is 4.48 Å². The summed E-state index contributed by atoms with van der Waals surface area (Å²) in [5, 5.41) is 2.05. The zero-order chi connectivity index (χ0) is 21.4. The highest BCUT2D eigenvalue weighted by atomic mass is 79.9. The molecule has 152 valence electrons. The summed E-state index contributed by atoms with van der Waals surface area (Å²) in [6.45, 7) is 0.713. The Morgan fingerprint density at radius 3 is 2.65 bits per heavy atom. The molecule has 1 aliphatic rings. The summed E-state index contributed by atoms with van der Waals surface area (Å²) in [5.41, 5.74) is 2.61. The van der Waals surface area contributed by atoms with Gasteiger partial charge in [-0.2, -0.15) is 0 Å². The summed E-state index contributed by atoms with van der Waals surface area (Å²) in [5.74, 6) is 1.04. The lowest BCUT2D eigenvalue weighted by Gasteiger charge is -2.23. The van der Waals surface area contributed by atoms with Crippen molar-refractivity contribution in [1.82, 2.24) is 14.0 Å². The van der Waals surface area contributed by atoms with E-state index in [9.17, 15) is 4.79 Å². The number of imidazole rings is 1. The van der Waals surface area contributed by atoms with Gasteiger partial charge in [-0.25, -0.2) is 9.47 Å². The Bertz CT molecular complexity index is 1350. The lowest BCUT2D eigenvalue weighted by molar-refractivity contribution is 0.103. The molecule has 3 aromatic carbocycles. The number of ketones is 1. The predicted octanol–water partition coefficient (Wildman–Crippen LogP) is 6.08. The fourth-order valence-electron chi connectivity index (χ4n) is 4.09. The highest BCUT2D eigenvalue weighted by Gasteiger charge is 2.32. The third-order valence-electron chi connectivity index (χ3n) is 5.72. The molecule has 0 radical (unpaired) electrons. The van der Waals surface area contributed by atoms with Gasteiger partial charge in [-0.1, -0.05) is 70.5 Å². The second-order valence-electron chi connectivity index (χ2n) is 7.91. The Labute approximate surface area is 189 Å². The average Bonchev–Trinajstić information content (AvgIpc) is 3.42. The van der Waals surface area contributed by atoms with Gasteiger partial charge in [-0.15, -0.1) is 0 Å². The molecule has 1 atom stereocenters. The molecule has 1 unspecified atom stereocenters. The van der Waals surface area contributed by atoms with Crippen LogP contribution in [0.15, 0.2) is 108 Å². The number of nitrogens with zero attached hydrogens (tertiary/aromatic N) is 3. The Balaban J connectivity index is 1.47. The maximum absolute atomic E-state index is 13.4. The van der Waals surface area contributed by atoms with E-state index in [0.717, 1.165) is 26.6 Å². The molecule has 2 heterocycles. The Kier molecular flexibility index (Phi) is 4.93. The fourth-order valence-corrected chi connectivity index (χ4v) is 4.35. The summed E-state index contributed by atoms with van der Waals surface area (Å²) in [7, 11) is 2.06. The second-order valence-corrected chi connectivity index (χ2v) is 8.83. The van der Waals surface area contributed by atoms with E-state index in [4.69, 9.17) is 0 Å². The topological polar surface area (TPSA) is 34.9 Å². The van der Waals surface area contributed by atoms with Crippen LogP contribution in [0.5, 0.6) is 0 Å². The van der Waals surface area contributed by atoms with Gasteiger partial charge in [-0.3, -0.25) is 9.36 Å². The van der Waals surface area contributed by atoms with Crippen molar-refractivity contribution >= 4 is 38.3 Å². The van der Waals surface area contributed by atoms with Gasteiger partial charge in [0.25, 0.3) is 0 Å². The zero-order valence-corrected chi connectivity index (χ0v) is 18.7. The normalized spacial score (nSPS) is 17.8. The molecule has 0 spiro atoms. The van der Waals surface area contributed by atoms with Gasteiger partial charge in [0.2, 0.25) is 5.82 Å². The van der Waals surface area contributed by atoms with Crippen molar-refractivity contribution in [3.8, 4) is 0 Å². The van der Waals surface area contributed by atoms with Crippen LogP contribution in [0.2, 0.25) is 0 Å². The van der Waals surface area contributed by atoms with E-state index in [1.54, 1.807) is 0 Å². The van der Waals surface area contributed by atoms with Crippen LogP contribution in [0.3, 0.4) is 0 Å². The molecule has 5 rings (SSSR count). The van der Waals surface area contributed by atoms with Crippen molar-refractivity contribution < 1.29 is 4.79 Å². The minimum Gasteiger partial charge on any atom is -0.288 e. The number of halogens is 1. The van der Waals surface area contributed by atoms with Gasteiger partial charge in [-0.05, 0) is 28.5 Å². The molecule has 4 aromatic rings. The van der Waals surface area contributed by atoms with Gasteiger partial charge in [0.05, 0.1) is 25.5 Å². The fraction of sp³-hybridized carbons (Fsp3) is 0.0769. The molecule has 0 saturated carbocycles. The zero-order valence-electron chi connectivity index (χ0n) is 17.1. The van der Waals surface area contributed by atoms with Crippen molar-refractivity contribution in [2.75, 3.05) is 7.05 Å². The van der Waals surface area contributed by atoms with Gasteiger partial charge in [0, 0.05) is 16.1 Å². The SMILES string of the molecule is C[N+]1(c2cncn2Cc2ccc(Br)cc2)C=CC(C(=O)c2cccc3ccccc23)=C1. The monoisotopic (exact) mass is 470 g/mol. The summed E-state index contributed by atoms with van der Waals surface area (Å²) >= 11 is 3.48. The van der Waals surface area contributed by atoms with E-state index in [2.05, 4.69) is 44.7 Å². The number of carbonyl (C=O) groups is 1. The summed E-state index contributed by atoms with van der Waals surface area (Å²) in [6, 6.07) is 22.1. The van der Waals surface area contributed by atoms with Crippen molar-refractivity contribution in [2.24, 2.45) is 0 Å². The van der Waals surface area contributed by atoms with Gasteiger partial charge < -0.3 is 0 Å². The minimum absolute atomic E-state index is 0.0360. The smallest absolute Gasteiger partial charge is 0.237 e. The van der Waals surface area contributed by atoms with Crippen LogP contribution in [0.25, 0.3) is 10.8 Å². The molecule has 0 bridgehead atoms. The van der Waals surface area contributed by atoms with Crippen LogP contribution in [0, 0.1) is 0 Å². The number of Topliss-reactive ketones (excluding diaryl/α,β-unsaturated/α-hetero) is 1. The number of aromatic nitrogens is 2. The first-order valence-electron chi connectivity index (χ1n) is 10.1. The van der Waals surface area contributed by atoms with E-state index in [0.29, 0.717) is 16.6 Å². The summed E-state index contributed by atoms with van der Waals surface area (Å²) in [6.07, 6.45) is 9.66. The average molecular weight is 471 g/mol. The lowest BCUT2D eigenvalue weighted by Crippen LogP contribution is -2.33. The second kappa shape index (κ2) is 7.76. The third kappa shape index (κ3) is 3.67. The van der Waals surface area contributed by atoms with Crippen LogP contribution in [0.1, 0.15) is 15.9 Å². The van der Waals surface area contributed by atoms with E-state index in [1.165, 1.54) is 5.56 Å². The van der Waals surface area contributed by atoms with Crippen molar-refractivity contribution in [2.45, 2.75) is 6.54 Å². The Hall–Kier alpha value is -3.28. The third-order valence-corrected chi connectivity index (χ3v) is 6.25. The number of fused-ring (bicyclic) bond motifs is 1. The number of quaternary nitrogens is 1. The molecular weight excluding hydrogens is 450 g/mol. The number of hydrogen-bond acceptors (Lipinski definition) is 2. The highest BCUT2D eigenvalue weighted by Crippen LogP contribution is 2.31. The van der Waals surface area contributed by atoms with Crippen LogP contribution in [0.4, 0.5) is 5.82 Å². The molecular formula is C26H21BrN3O+. The maximum atomic E-state index is 13.4. The number of benzene rings is 3. The van der Waals surface area contributed by atoms with Crippen molar-refractivity contribution in [1.29, 1.82) is 0 Å². The Morgan fingerprint density at radius 1 is 1.03 bits per heavy atom. The van der Waals surface area contributed by atoms with E-state index >= 15 is 0 Å². The molecule has 0 fully saturated rings. The molecule has 5 heteroatoms. The molecule has 0 N–H and O–H groups in total. The van der Waals surface area contributed by atoms with Gasteiger partial charge in [0.1, 0.15) is 18.6 Å². The van der Waals surface area contributed by atoms with Crippen molar-refractivity contribution in [3.63, 3.8) is 0 Å². The first-order chi connectivity index (χ1) is 15.0. The first-order valence-corrected chi connectivity index (χ1v) is 10.9. The minimum atomic E-state index is 0.0360. The number of rotatable bonds is 5. The molecule has 0 aliphatic carbocycles. The molecule has 4 nitrogen and oxygen atoms in total. The molecule has 1 aliphatic heterocycles. The Morgan fingerprint density at radius 2 is 1.81 bits per heavy atom. The van der Waals surface area contributed by atoms with Crippen LogP contribution in [-0.4, -0.2) is 22.4 Å². The highest BCUT2D eigenvalue weighted by molar-refractivity contribution is 9.10. The molecule has 0 saturated heterocycles. The first kappa shape index (κ1) is 19.7. The number of hydrogen-bond donors (Lipinski definition) is 0. The van der Waals surface area contributed by atoms with Crippen LogP contribution in [-0.2, 0) is 6.54 Å². The standard InChI is InChI=1S/C26H21BrN3O/c1-30(25-15-28-18-29(25)16-19-9-11-22(27)12-10-19)14-13-21(17-30)26(31)24-8-4-6-20-5-2-3-7-23(20)24/h2-15,17-18H,16H2,1H3/q+1. The summed E-state index contributed by atoms with van der Waals surface area (Å²) in [4.78, 5) is 17.8.